The Kier molecular flexibility index (Phi) is 5.94. The molecule has 0 aliphatic rings. The standard InChI is InChI=1S/C26H25NO4/c1-4-31-26(28)25-24(21-7-5-6-8-22(21)27-25)23(17-9-13-19(29-2)14-10-17)18-11-15-20(30-3)16-12-18/h5-16,23,27H,4H2,1-3H3. The molecule has 0 bridgehead atoms. The molecule has 158 valence electrons. The van der Waals surface area contributed by atoms with Crippen molar-refractivity contribution in [3.05, 3.63) is 95.2 Å². The highest BCUT2D eigenvalue weighted by Crippen LogP contribution is 2.39. The quantitative estimate of drug-likeness (QED) is 0.403. The molecule has 0 saturated heterocycles. The predicted molar refractivity (Wildman–Crippen MR) is 121 cm³/mol. The van der Waals surface area contributed by atoms with Gasteiger partial charge in [-0.05, 0) is 48.4 Å². The van der Waals surface area contributed by atoms with E-state index in [0.717, 1.165) is 39.1 Å². The number of benzene rings is 3. The molecule has 3 aromatic carbocycles. The second-order valence-electron chi connectivity index (χ2n) is 7.16. The van der Waals surface area contributed by atoms with Crippen LogP contribution in [-0.4, -0.2) is 31.8 Å². The Bertz CT molecular complexity index is 1130. The van der Waals surface area contributed by atoms with Crippen molar-refractivity contribution in [1.82, 2.24) is 4.98 Å². The highest BCUT2D eigenvalue weighted by molar-refractivity contribution is 5.99. The van der Waals surface area contributed by atoms with Crippen molar-refractivity contribution in [2.45, 2.75) is 12.8 Å². The van der Waals surface area contributed by atoms with Crippen molar-refractivity contribution < 1.29 is 19.0 Å². The summed E-state index contributed by atoms with van der Waals surface area (Å²) in [6, 6.07) is 23.8. The van der Waals surface area contributed by atoms with Crippen molar-refractivity contribution in [3.63, 3.8) is 0 Å². The molecule has 1 aromatic heterocycles. The van der Waals surface area contributed by atoms with E-state index in [1.807, 2.05) is 79.7 Å². The van der Waals surface area contributed by atoms with Gasteiger partial charge in [-0.3, -0.25) is 0 Å². The maximum absolute atomic E-state index is 12.9. The lowest BCUT2D eigenvalue weighted by Gasteiger charge is -2.20. The number of nitrogens with one attached hydrogen (secondary N) is 1. The lowest BCUT2D eigenvalue weighted by atomic mass is 9.83. The number of esters is 1. The number of aromatic nitrogens is 1. The Hall–Kier alpha value is -3.73. The normalized spacial score (nSPS) is 11.0. The number of aromatic amines is 1. The molecule has 0 saturated carbocycles. The number of methoxy groups -OCH3 is 2. The highest BCUT2D eigenvalue weighted by atomic mass is 16.5. The molecule has 4 aromatic rings. The number of carbonyl (C=O) groups is 1. The summed E-state index contributed by atoms with van der Waals surface area (Å²) in [6.45, 7) is 2.12. The Balaban J connectivity index is 1.97. The highest BCUT2D eigenvalue weighted by Gasteiger charge is 2.28. The molecule has 0 amide bonds. The summed E-state index contributed by atoms with van der Waals surface area (Å²) in [6.07, 6.45) is 0. The van der Waals surface area contributed by atoms with Gasteiger partial charge in [-0.1, -0.05) is 42.5 Å². The molecule has 0 spiro atoms. The Morgan fingerprint density at radius 2 is 1.39 bits per heavy atom. The van der Waals surface area contributed by atoms with E-state index in [1.54, 1.807) is 14.2 Å². The molecular weight excluding hydrogens is 390 g/mol. The van der Waals surface area contributed by atoms with Crippen LogP contribution in [0.3, 0.4) is 0 Å². The van der Waals surface area contributed by atoms with E-state index >= 15 is 0 Å². The van der Waals surface area contributed by atoms with Crippen LogP contribution >= 0.6 is 0 Å². The van der Waals surface area contributed by atoms with E-state index < -0.39 is 0 Å². The molecule has 0 atom stereocenters. The summed E-state index contributed by atoms with van der Waals surface area (Å²) < 4.78 is 16.1. The Morgan fingerprint density at radius 1 is 0.839 bits per heavy atom. The average Bonchev–Trinajstić information content (AvgIpc) is 3.20. The summed E-state index contributed by atoms with van der Waals surface area (Å²) in [5.41, 5.74) is 4.35. The van der Waals surface area contributed by atoms with Gasteiger partial charge < -0.3 is 19.2 Å². The van der Waals surface area contributed by atoms with Crippen molar-refractivity contribution >= 4 is 16.9 Å². The van der Waals surface area contributed by atoms with Crippen LogP contribution in [0.2, 0.25) is 0 Å². The smallest absolute Gasteiger partial charge is 0.355 e. The van der Waals surface area contributed by atoms with Crippen LogP contribution in [0.4, 0.5) is 0 Å². The molecule has 5 nitrogen and oxygen atoms in total. The lowest BCUT2D eigenvalue weighted by molar-refractivity contribution is 0.0519. The number of ether oxygens (including phenoxy) is 3. The predicted octanol–water partition coefficient (Wildman–Crippen LogP) is 5.54. The van der Waals surface area contributed by atoms with Gasteiger partial charge >= 0.3 is 5.97 Å². The molecule has 5 heteroatoms. The second kappa shape index (κ2) is 8.96. The number of hydrogen-bond donors (Lipinski definition) is 1. The molecule has 1 heterocycles. The zero-order valence-corrected chi connectivity index (χ0v) is 17.8. The summed E-state index contributed by atoms with van der Waals surface area (Å²) in [5.74, 6) is 1.01. The van der Waals surface area contributed by atoms with Gasteiger partial charge in [0.1, 0.15) is 17.2 Å². The van der Waals surface area contributed by atoms with Gasteiger partial charge in [0.2, 0.25) is 0 Å². The molecule has 0 fully saturated rings. The molecule has 4 rings (SSSR count). The average molecular weight is 415 g/mol. The van der Waals surface area contributed by atoms with Gasteiger partial charge in [-0.2, -0.15) is 0 Å². The van der Waals surface area contributed by atoms with E-state index in [1.165, 1.54) is 0 Å². The number of carbonyl (C=O) groups excluding carboxylic acids is 1. The summed E-state index contributed by atoms with van der Waals surface area (Å²) in [7, 11) is 3.29. The lowest BCUT2D eigenvalue weighted by Crippen LogP contribution is -2.12. The van der Waals surface area contributed by atoms with Crippen LogP contribution < -0.4 is 9.47 Å². The fourth-order valence-electron chi connectivity index (χ4n) is 3.95. The van der Waals surface area contributed by atoms with Crippen LogP contribution in [0.15, 0.2) is 72.8 Å². The number of hydrogen-bond acceptors (Lipinski definition) is 4. The molecule has 0 radical (unpaired) electrons. The van der Waals surface area contributed by atoms with Crippen LogP contribution in [0.1, 0.15) is 40.0 Å². The van der Waals surface area contributed by atoms with E-state index in [2.05, 4.69) is 4.98 Å². The summed E-state index contributed by atoms with van der Waals surface area (Å²) in [4.78, 5) is 16.2. The first kappa shape index (κ1) is 20.5. The maximum atomic E-state index is 12.9. The monoisotopic (exact) mass is 415 g/mol. The molecule has 0 aliphatic carbocycles. The molecule has 0 unspecified atom stereocenters. The third kappa shape index (κ3) is 3.99. The summed E-state index contributed by atoms with van der Waals surface area (Å²) in [5, 5.41) is 0.988. The van der Waals surface area contributed by atoms with Crippen LogP contribution in [0, 0.1) is 0 Å². The Morgan fingerprint density at radius 3 is 1.90 bits per heavy atom. The molecule has 31 heavy (non-hydrogen) atoms. The largest absolute Gasteiger partial charge is 0.497 e. The van der Waals surface area contributed by atoms with Crippen molar-refractivity contribution in [1.29, 1.82) is 0 Å². The Labute approximate surface area is 181 Å². The van der Waals surface area contributed by atoms with Gasteiger partial charge in [0.05, 0.1) is 20.8 Å². The molecule has 1 N–H and O–H groups in total. The second-order valence-corrected chi connectivity index (χ2v) is 7.16. The van der Waals surface area contributed by atoms with Crippen molar-refractivity contribution in [3.8, 4) is 11.5 Å². The third-order valence-corrected chi connectivity index (χ3v) is 5.41. The molecular formula is C26H25NO4. The van der Waals surface area contributed by atoms with E-state index in [-0.39, 0.29) is 11.9 Å². The maximum Gasteiger partial charge on any atom is 0.355 e. The van der Waals surface area contributed by atoms with Crippen LogP contribution in [-0.2, 0) is 4.74 Å². The minimum absolute atomic E-state index is 0.188. The summed E-state index contributed by atoms with van der Waals surface area (Å²) >= 11 is 0. The first-order valence-electron chi connectivity index (χ1n) is 10.2. The van der Waals surface area contributed by atoms with Gasteiger partial charge in [-0.25, -0.2) is 4.79 Å². The number of para-hydroxylation sites is 1. The fourth-order valence-corrected chi connectivity index (χ4v) is 3.95. The number of H-pyrrole nitrogens is 1. The van der Waals surface area contributed by atoms with Gasteiger partial charge in [0, 0.05) is 22.4 Å². The minimum atomic E-state index is -0.360. The number of rotatable bonds is 7. The van der Waals surface area contributed by atoms with Gasteiger partial charge in [-0.15, -0.1) is 0 Å². The third-order valence-electron chi connectivity index (χ3n) is 5.41. The number of fused-ring (bicyclic) bond motifs is 1. The van der Waals surface area contributed by atoms with E-state index in [0.29, 0.717) is 12.3 Å². The first-order chi connectivity index (χ1) is 15.2. The zero-order valence-electron chi connectivity index (χ0n) is 17.8. The molecule has 0 aliphatic heterocycles. The van der Waals surface area contributed by atoms with E-state index in [4.69, 9.17) is 14.2 Å². The minimum Gasteiger partial charge on any atom is -0.497 e. The van der Waals surface area contributed by atoms with Gasteiger partial charge in [0.15, 0.2) is 0 Å². The van der Waals surface area contributed by atoms with E-state index in [9.17, 15) is 4.79 Å². The van der Waals surface area contributed by atoms with Crippen molar-refractivity contribution in [2.75, 3.05) is 20.8 Å². The van der Waals surface area contributed by atoms with Crippen molar-refractivity contribution in [2.24, 2.45) is 0 Å². The fraction of sp³-hybridized carbons (Fsp3) is 0.192. The van der Waals surface area contributed by atoms with Gasteiger partial charge in [0.25, 0.3) is 0 Å². The topological polar surface area (TPSA) is 60.6 Å². The van der Waals surface area contributed by atoms with Crippen LogP contribution in [0.25, 0.3) is 10.9 Å². The SMILES string of the molecule is CCOC(=O)c1[nH]c2ccccc2c1C(c1ccc(OC)cc1)c1ccc(OC)cc1. The first-order valence-corrected chi connectivity index (χ1v) is 10.2. The zero-order chi connectivity index (χ0) is 21.8. The van der Waals surface area contributed by atoms with Crippen LogP contribution in [0.5, 0.6) is 11.5 Å².